The van der Waals surface area contributed by atoms with Crippen molar-refractivity contribution in [2.45, 2.75) is 33.9 Å². The number of nitrogens with zero attached hydrogens (tertiary/aromatic N) is 1. The molecule has 2 aromatic rings. The van der Waals surface area contributed by atoms with Gasteiger partial charge in [-0.05, 0) is 49.9 Å². The predicted molar refractivity (Wildman–Crippen MR) is 114 cm³/mol. The molecular weight excluding hydrogens is 406 g/mol. The SMILES string of the molecule is CCN(CC)Cc1c(O)cc(C)c2c1O/C(=C\c1cc(Cl)cc3c1OCOC3)C2=O. The van der Waals surface area contributed by atoms with Crippen LogP contribution in [0.15, 0.2) is 24.0 Å². The van der Waals surface area contributed by atoms with Gasteiger partial charge < -0.3 is 19.3 Å². The minimum Gasteiger partial charge on any atom is -0.507 e. The van der Waals surface area contributed by atoms with Crippen LogP contribution in [-0.4, -0.2) is 35.7 Å². The second-order valence-electron chi connectivity index (χ2n) is 7.39. The van der Waals surface area contributed by atoms with E-state index in [1.54, 1.807) is 31.2 Å². The molecule has 0 radical (unpaired) electrons. The molecule has 0 unspecified atom stereocenters. The summed E-state index contributed by atoms with van der Waals surface area (Å²) >= 11 is 6.25. The Balaban J connectivity index is 1.78. The molecule has 1 N–H and O–H groups in total. The van der Waals surface area contributed by atoms with Gasteiger partial charge in [-0.2, -0.15) is 0 Å². The third kappa shape index (κ3) is 3.67. The Morgan fingerprint density at radius 1 is 1.20 bits per heavy atom. The van der Waals surface area contributed by atoms with E-state index >= 15 is 0 Å². The first kappa shape index (κ1) is 20.7. The highest BCUT2D eigenvalue weighted by molar-refractivity contribution is 6.31. The summed E-state index contributed by atoms with van der Waals surface area (Å²) in [7, 11) is 0. The number of hydrogen-bond donors (Lipinski definition) is 1. The Kier molecular flexibility index (Phi) is 5.73. The number of carbonyl (C=O) groups is 1. The molecule has 0 saturated heterocycles. The molecule has 0 amide bonds. The third-order valence-corrected chi connectivity index (χ3v) is 5.71. The molecule has 0 aromatic heterocycles. The minimum absolute atomic E-state index is 0.132. The van der Waals surface area contributed by atoms with E-state index in [0.717, 1.165) is 18.7 Å². The summed E-state index contributed by atoms with van der Waals surface area (Å²) in [4.78, 5) is 15.3. The van der Waals surface area contributed by atoms with Gasteiger partial charge in [-0.25, -0.2) is 0 Å². The van der Waals surface area contributed by atoms with Gasteiger partial charge in [-0.15, -0.1) is 0 Å². The number of hydrogen-bond acceptors (Lipinski definition) is 6. The van der Waals surface area contributed by atoms with Crippen LogP contribution in [-0.2, 0) is 17.9 Å². The summed E-state index contributed by atoms with van der Waals surface area (Å²) < 4.78 is 17.0. The first-order valence-electron chi connectivity index (χ1n) is 9.97. The van der Waals surface area contributed by atoms with Crippen molar-refractivity contribution in [2.75, 3.05) is 19.9 Å². The molecule has 2 aromatic carbocycles. The van der Waals surface area contributed by atoms with E-state index in [1.165, 1.54) is 0 Å². The molecule has 2 aliphatic rings. The molecular formula is C23H24ClNO5. The van der Waals surface area contributed by atoms with Crippen molar-refractivity contribution in [3.05, 3.63) is 56.8 Å². The molecule has 2 aliphatic heterocycles. The number of ether oxygens (including phenoxy) is 3. The first-order valence-corrected chi connectivity index (χ1v) is 10.4. The first-order chi connectivity index (χ1) is 14.4. The fourth-order valence-corrected chi connectivity index (χ4v) is 4.11. The van der Waals surface area contributed by atoms with Crippen LogP contribution in [0.3, 0.4) is 0 Å². The Labute approximate surface area is 180 Å². The molecule has 0 spiro atoms. The number of halogens is 1. The summed E-state index contributed by atoms with van der Waals surface area (Å²) in [6.45, 7) is 8.58. The number of benzene rings is 2. The number of phenols is 1. The van der Waals surface area contributed by atoms with Gasteiger partial charge in [-0.3, -0.25) is 9.69 Å². The highest BCUT2D eigenvalue weighted by Crippen LogP contribution is 2.43. The van der Waals surface area contributed by atoms with Gasteiger partial charge >= 0.3 is 0 Å². The number of aromatic hydroxyl groups is 1. The number of Topliss-reactive ketones (excluding diaryl/α,β-unsaturated/α-hetero) is 1. The Bertz CT molecular complexity index is 1040. The lowest BCUT2D eigenvalue weighted by Crippen LogP contribution is -2.22. The van der Waals surface area contributed by atoms with Crippen LogP contribution in [0.4, 0.5) is 0 Å². The minimum atomic E-state index is -0.218. The number of fused-ring (bicyclic) bond motifs is 2. The van der Waals surface area contributed by atoms with Crippen molar-refractivity contribution in [1.82, 2.24) is 4.90 Å². The largest absolute Gasteiger partial charge is 0.507 e. The lowest BCUT2D eigenvalue weighted by Gasteiger charge is -2.20. The molecule has 6 nitrogen and oxygen atoms in total. The topological polar surface area (TPSA) is 68.2 Å². The molecule has 0 bridgehead atoms. The van der Waals surface area contributed by atoms with Crippen molar-refractivity contribution in [1.29, 1.82) is 0 Å². The van der Waals surface area contributed by atoms with Crippen LogP contribution >= 0.6 is 11.6 Å². The Morgan fingerprint density at radius 2 is 1.97 bits per heavy atom. The van der Waals surface area contributed by atoms with Gasteiger partial charge in [0.25, 0.3) is 0 Å². The normalized spacial score (nSPS) is 16.4. The average molecular weight is 430 g/mol. The van der Waals surface area contributed by atoms with Gasteiger partial charge in [0, 0.05) is 22.7 Å². The summed E-state index contributed by atoms with van der Waals surface area (Å²) in [6, 6.07) is 5.15. The number of carbonyl (C=O) groups excluding carboxylic acids is 1. The zero-order chi connectivity index (χ0) is 21.4. The van der Waals surface area contributed by atoms with Crippen LogP contribution < -0.4 is 9.47 Å². The monoisotopic (exact) mass is 429 g/mol. The van der Waals surface area contributed by atoms with Crippen LogP contribution in [0.2, 0.25) is 5.02 Å². The summed E-state index contributed by atoms with van der Waals surface area (Å²) in [5.74, 6) is 1.15. The third-order valence-electron chi connectivity index (χ3n) is 5.49. The highest BCUT2D eigenvalue weighted by atomic mass is 35.5. The molecule has 0 fully saturated rings. The van der Waals surface area contributed by atoms with E-state index in [0.29, 0.717) is 51.9 Å². The highest BCUT2D eigenvalue weighted by Gasteiger charge is 2.34. The molecule has 0 atom stereocenters. The van der Waals surface area contributed by atoms with Crippen LogP contribution in [0.25, 0.3) is 6.08 Å². The molecule has 0 saturated carbocycles. The lowest BCUT2D eigenvalue weighted by atomic mass is 9.99. The summed E-state index contributed by atoms with van der Waals surface area (Å²) in [6.07, 6.45) is 1.65. The number of allylic oxidation sites excluding steroid dienone is 1. The van der Waals surface area contributed by atoms with E-state index in [2.05, 4.69) is 18.7 Å². The van der Waals surface area contributed by atoms with Crippen molar-refractivity contribution in [2.24, 2.45) is 0 Å². The summed E-state index contributed by atoms with van der Waals surface area (Å²) in [5, 5.41) is 11.1. The van der Waals surface area contributed by atoms with Gasteiger partial charge in [0.2, 0.25) is 5.78 Å². The average Bonchev–Trinajstić information content (AvgIpc) is 3.04. The molecule has 158 valence electrons. The molecule has 0 aliphatic carbocycles. The van der Waals surface area contributed by atoms with Crippen LogP contribution in [0, 0.1) is 6.92 Å². The van der Waals surface area contributed by atoms with E-state index in [-0.39, 0.29) is 24.1 Å². The standard InChI is InChI=1S/C23H24ClNO5/c1-4-25(5-2)10-17-18(26)6-13(3)20-21(27)19(30-23(17)20)9-14-7-16(24)8-15-11-28-12-29-22(14)15/h6-9,26H,4-5,10-12H2,1-3H3/b19-9-. The summed E-state index contributed by atoms with van der Waals surface area (Å²) in [5.41, 5.74) is 3.26. The molecule has 7 heteroatoms. The van der Waals surface area contributed by atoms with Crippen LogP contribution in [0.1, 0.15) is 46.5 Å². The number of phenolic OH excluding ortho intramolecular Hbond substituents is 1. The van der Waals surface area contributed by atoms with Gasteiger partial charge in [-0.1, -0.05) is 25.4 Å². The molecule has 4 rings (SSSR count). The van der Waals surface area contributed by atoms with E-state index in [9.17, 15) is 9.90 Å². The number of rotatable bonds is 5. The maximum absolute atomic E-state index is 13.2. The van der Waals surface area contributed by atoms with Crippen molar-refractivity contribution >= 4 is 23.5 Å². The molecule has 2 heterocycles. The fourth-order valence-electron chi connectivity index (χ4n) is 3.86. The second kappa shape index (κ2) is 8.30. The maximum atomic E-state index is 13.2. The number of aryl methyl sites for hydroxylation is 1. The number of ketones is 1. The van der Waals surface area contributed by atoms with Crippen molar-refractivity contribution < 1.29 is 24.1 Å². The molecule has 30 heavy (non-hydrogen) atoms. The van der Waals surface area contributed by atoms with Gasteiger partial charge in [0.05, 0.1) is 17.7 Å². The smallest absolute Gasteiger partial charge is 0.232 e. The second-order valence-corrected chi connectivity index (χ2v) is 7.83. The Morgan fingerprint density at radius 3 is 2.70 bits per heavy atom. The van der Waals surface area contributed by atoms with E-state index in [1.807, 2.05) is 0 Å². The van der Waals surface area contributed by atoms with Crippen LogP contribution in [0.5, 0.6) is 17.2 Å². The fraction of sp³-hybridized carbons (Fsp3) is 0.348. The van der Waals surface area contributed by atoms with Crippen molar-refractivity contribution in [3.63, 3.8) is 0 Å². The maximum Gasteiger partial charge on any atom is 0.232 e. The van der Waals surface area contributed by atoms with E-state index in [4.69, 9.17) is 25.8 Å². The quantitative estimate of drug-likeness (QED) is 0.696. The van der Waals surface area contributed by atoms with Gasteiger partial charge in [0.15, 0.2) is 12.6 Å². The van der Waals surface area contributed by atoms with Crippen molar-refractivity contribution in [3.8, 4) is 17.2 Å². The predicted octanol–water partition coefficient (Wildman–Crippen LogP) is 4.68. The Hall–Kier alpha value is -2.54. The zero-order valence-corrected chi connectivity index (χ0v) is 18.0. The zero-order valence-electron chi connectivity index (χ0n) is 17.3. The van der Waals surface area contributed by atoms with Gasteiger partial charge in [0.1, 0.15) is 17.2 Å². The van der Waals surface area contributed by atoms with E-state index < -0.39 is 0 Å². The lowest BCUT2D eigenvalue weighted by molar-refractivity contribution is -0.0165.